The molecule has 5 heteroatoms. The number of halogens is 2. The highest BCUT2D eigenvalue weighted by Crippen LogP contribution is 2.31. The van der Waals surface area contributed by atoms with E-state index in [4.69, 9.17) is 22.1 Å². The Kier molecular flexibility index (Phi) is 3.79. The first kappa shape index (κ1) is 12.8. The van der Waals surface area contributed by atoms with Gasteiger partial charge in [0.2, 0.25) is 0 Å². The summed E-state index contributed by atoms with van der Waals surface area (Å²) in [5.41, 5.74) is 6.70. The molecule has 0 bridgehead atoms. The van der Waals surface area contributed by atoms with Crippen molar-refractivity contribution in [3.05, 3.63) is 58.6 Å². The van der Waals surface area contributed by atoms with E-state index in [1.165, 1.54) is 19.2 Å². The van der Waals surface area contributed by atoms with Gasteiger partial charge in [0.25, 0.3) is 0 Å². The summed E-state index contributed by atoms with van der Waals surface area (Å²) in [5, 5.41) is 0.273. The van der Waals surface area contributed by atoms with Crippen molar-refractivity contribution in [1.82, 2.24) is 4.98 Å². The lowest BCUT2D eigenvalue weighted by atomic mass is 10.0. The molecule has 0 saturated carbocycles. The predicted octanol–water partition coefficient (Wildman–Crippen LogP) is 2.93. The molecule has 0 aliphatic rings. The summed E-state index contributed by atoms with van der Waals surface area (Å²) >= 11 is 5.98. The van der Waals surface area contributed by atoms with Crippen molar-refractivity contribution < 1.29 is 9.13 Å². The number of hydrogen-bond donors (Lipinski definition) is 1. The topological polar surface area (TPSA) is 48.1 Å². The van der Waals surface area contributed by atoms with Crippen molar-refractivity contribution >= 4 is 11.6 Å². The second kappa shape index (κ2) is 5.33. The van der Waals surface area contributed by atoms with Crippen molar-refractivity contribution in [2.75, 3.05) is 7.11 Å². The first-order chi connectivity index (χ1) is 8.65. The summed E-state index contributed by atoms with van der Waals surface area (Å²) in [5.74, 6) is 0.0482. The normalized spacial score (nSPS) is 12.2. The van der Waals surface area contributed by atoms with Gasteiger partial charge in [-0.25, -0.2) is 4.39 Å². The molecule has 2 rings (SSSR count). The van der Waals surface area contributed by atoms with Gasteiger partial charge >= 0.3 is 0 Å². The van der Waals surface area contributed by atoms with Gasteiger partial charge in [-0.3, -0.25) is 4.98 Å². The average molecular weight is 267 g/mol. The molecule has 0 aliphatic carbocycles. The fourth-order valence-electron chi connectivity index (χ4n) is 1.75. The van der Waals surface area contributed by atoms with Crippen LogP contribution in [0.15, 0.2) is 36.5 Å². The molecule has 2 aromatic rings. The predicted molar refractivity (Wildman–Crippen MR) is 68.2 cm³/mol. The minimum atomic E-state index is -0.769. The van der Waals surface area contributed by atoms with E-state index in [1.807, 2.05) is 0 Å². The monoisotopic (exact) mass is 266 g/mol. The summed E-state index contributed by atoms with van der Waals surface area (Å²) in [4.78, 5) is 4.13. The van der Waals surface area contributed by atoms with Gasteiger partial charge in [0.15, 0.2) is 0 Å². The maximum Gasteiger partial charge on any atom is 0.142 e. The molecular formula is C13H12ClFN2O. The fourth-order valence-corrected chi connectivity index (χ4v) is 2.03. The van der Waals surface area contributed by atoms with E-state index in [-0.39, 0.29) is 10.6 Å². The Morgan fingerprint density at radius 3 is 2.78 bits per heavy atom. The molecule has 0 amide bonds. The maximum atomic E-state index is 13.8. The smallest absolute Gasteiger partial charge is 0.142 e. The zero-order valence-electron chi connectivity index (χ0n) is 9.73. The highest BCUT2D eigenvalue weighted by molar-refractivity contribution is 6.31. The molecule has 0 radical (unpaired) electrons. The van der Waals surface area contributed by atoms with E-state index in [9.17, 15) is 4.39 Å². The second-order valence-electron chi connectivity index (χ2n) is 3.70. The van der Waals surface area contributed by atoms with Crippen molar-refractivity contribution in [2.24, 2.45) is 5.73 Å². The molecule has 0 fully saturated rings. The van der Waals surface area contributed by atoms with Crippen LogP contribution in [0.3, 0.4) is 0 Å². The van der Waals surface area contributed by atoms with E-state index in [0.29, 0.717) is 11.4 Å². The Balaban J connectivity index is 2.51. The van der Waals surface area contributed by atoms with E-state index in [1.54, 1.807) is 24.4 Å². The van der Waals surface area contributed by atoms with E-state index in [0.717, 1.165) is 0 Å². The number of nitrogens with two attached hydrogens (primary N) is 1. The fraction of sp³-hybridized carbons (Fsp3) is 0.154. The summed E-state index contributed by atoms with van der Waals surface area (Å²) in [6.07, 6.45) is 1.58. The number of aromatic nitrogens is 1. The van der Waals surface area contributed by atoms with Crippen molar-refractivity contribution in [2.45, 2.75) is 6.04 Å². The molecule has 1 heterocycles. The Labute approximate surface area is 109 Å². The van der Waals surface area contributed by atoms with Crippen LogP contribution in [-0.4, -0.2) is 12.1 Å². The molecule has 0 spiro atoms. The minimum Gasteiger partial charge on any atom is -0.495 e. The van der Waals surface area contributed by atoms with Gasteiger partial charge in [-0.15, -0.1) is 0 Å². The summed E-state index contributed by atoms with van der Waals surface area (Å²) in [7, 11) is 1.51. The lowest BCUT2D eigenvalue weighted by Crippen LogP contribution is -2.16. The maximum absolute atomic E-state index is 13.8. The van der Waals surface area contributed by atoms with E-state index < -0.39 is 11.9 Å². The van der Waals surface area contributed by atoms with Gasteiger partial charge in [-0.2, -0.15) is 0 Å². The van der Waals surface area contributed by atoms with Crippen LogP contribution >= 0.6 is 11.6 Å². The number of hydrogen-bond acceptors (Lipinski definition) is 3. The Morgan fingerprint density at radius 2 is 2.11 bits per heavy atom. The molecule has 0 aliphatic heterocycles. The number of methoxy groups -OCH3 is 1. The third kappa shape index (κ3) is 2.30. The Morgan fingerprint density at radius 1 is 1.33 bits per heavy atom. The van der Waals surface area contributed by atoms with Gasteiger partial charge in [0, 0.05) is 16.8 Å². The number of pyridine rings is 1. The highest BCUT2D eigenvalue weighted by Gasteiger charge is 2.21. The van der Waals surface area contributed by atoms with E-state index in [2.05, 4.69) is 4.98 Å². The largest absolute Gasteiger partial charge is 0.495 e. The third-order valence-corrected chi connectivity index (χ3v) is 2.95. The van der Waals surface area contributed by atoms with Gasteiger partial charge in [0.05, 0.1) is 13.2 Å². The van der Waals surface area contributed by atoms with Crippen LogP contribution < -0.4 is 10.5 Å². The van der Waals surface area contributed by atoms with Gasteiger partial charge in [-0.1, -0.05) is 17.7 Å². The molecule has 94 valence electrons. The van der Waals surface area contributed by atoms with Crippen LogP contribution in [-0.2, 0) is 0 Å². The zero-order chi connectivity index (χ0) is 13.1. The molecule has 3 nitrogen and oxygen atoms in total. The van der Waals surface area contributed by atoms with Crippen LogP contribution in [0.1, 0.15) is 17.3 Å². The molecule has 18 heavy (non-hydrogen) atoms. The molecule has 1 atom stereocenters. The Hall–Kier alpha value is -1.65. The molecule has 1 unspecified atom stereocenters. The third-order valence-electron chi connectivity index (χ3n) is 2.62. The van der Waals surface area contributed by atoms with Crippen LogP contribution in [0.2, 0.25) is 5.02 Å². The first-order valence-corrected chi connectivity index (χ1v) is 5.71. The molecular weight excluding hydrogens is 255 g/mol. The van der Waals surface area contributed by atoms with Crippen molar-refractivity contribution in [3.63, 3.8) is 0 Å². The van der Waals surface area contributed by atoms with Crippen molar-refractivity contribution in [1.29, 1.82) is 0 Å². The lowest BCUT2D eigenvalue weighted by Gasteiger charge is -2.16. The zero-order valence-corrected chi connectivity index (χ0v) is 10.5. The van der Waals surface area contributed by atoms with Crippen molar-refractivity contribution in [3.8, 4) is 5.75 Å². The van der Waals surface area contributed by atoms with Crippen LogP contribution in [0.5, 0.6) is 5.75 Å². The molecule has 0 saturated heterocycles. The quantitative estimate of drug-likeness (QED) is 0.929. The number of ether oxygens (including phenoxy) is 1. The van der Waals surface area contributed by atoms with Gasteiger partial charge in [0.1, 0.15) is 17.3 Å². The lowest BCUT2D eigenvalue weighted by molar-refractivity contribution is 0.404. The first-order valence-electron chi connectivity index (χ1n) is 5.33. The van der Waals surface area contributed by atoms with Crippen LogP contribution in [0.4, 0.5) is 4.39 Å². The second-order valence-corrected chi connectivity index (χ2v) is 4.11. The molecule has 2 N–H and O–H groups in total. The van der Waals surface area contributed by atoms with Crippen LogP contribution in [0.25, 0.3) is 0 Å². The average Bonchev–Trinajstić information content (AvgIpc) is 2.38. The summed E-state index contributed by atoms with van der Waals surface area (Å²) < 4.78 is 18.9. The van der Waals surface area contributed by atoms with Gasteiger partial charge in [-0.05, 0) is 24.3 Å². The molecule has 1 aromatic heterocycles. The minimum absolute atomic E-state index is 0.219. The summed E-state index contributed by atoms with van der Waals surface area (Å²) in [6, 6.07) is 7.11. The molecule has 1 aromatic carbocycles. The number of rotatable bonds is 3. The van der Waals surface area contributed by atoms with Crippen LogP contribution in [0, 0.1) is 5.82 Å². The number of nitrogens with zero attached hydrogens (tertiary/aromatic N) is 1. The van der Waals surface area contributed by atoms with E-state index >= 15 is 0 Å². The van der Waals surface area contributed by atoms with Gasteiger partial charge < -0.3 is 10.5 Å². The number of benzene rings is 1. The highest BCUT2D eigenvalue weighted by atomic mass is 35.5. The SMILES string of the molecule is COc1cccnc1C(N)c1c(F)cccc1Cl. The Bertz CT molecular complexity index is 542. The standard InChI is InChI=1S/C13H12ClFN2O/c1-18-10-6-3-7-17-13(10)12(16)11-8(14)4-2-5-9(11)15/h2-7,12H,16H2,1H3. The summed E-state index contributed by atoms with van der Waals surface area (Å²) in [6.45, 7) is 0.